The normalized spacial score (nSPS) is 11.8. The van der Waals surface area contributed by atoms with Gasteiger partial charge in [0.2, 0.25) is 0 Å². The highest BCUT2D eigenvalue weighted by atomic mass is 127. The second-order valence-corrected chi connectivity index (χ2v) is 8.56. The lowest BCUT2D eigenvalue weighted by molar-refractivity contribution is 0.122. The first kappa shape index (κ1) is 14.8. The van der Waals surface area contributed by atoms with E-state index in [1.165, 1.54) is 12.7 Å². The third-order valence-electron chi connectivity index (χ3n) is 2.36. The maximum absolute atomic E-state index is 5.41. The molecule has 90 valence electrons. The summed E-state index contributed by atoms with van der Waals surface area (Å²) in [7, 11) is 2.40. The van der Waals surface area contributed by atoms with Crippen LogP contribution in [0.3, 0.4) is 0 Å². The number of benzene rings is 1. The second-order valence-electron chi connectivity index (χ2n) is 3.21. The van der Waals surface area contributed by atoms with Gasteiger partial charge in [0.05, 0.1) is 0 Å². The van der Waals surface area contributed by atoms with Crippen LogP contribution in [0.1, 0.15) is 5.56 Å². The van der Waals surface area contributed by atoms with Crippen molar-refractivity contribution >= 4 is 54.0 Å². The Morgan fingerprint density at radius 2 is 1.62 bits per heavy atom. The molecule has 0 saturated carbocycles. The van der Waals surface area contributed by atoms with Gasteiger partial charge in [-0.3, -0.25) is 0 Å². The van der Waals surface area contributed by atoms with Gasteiger partial charge in [-0.05, 0) is 62.9 Å². The molecule has 0 N–H and O–H groups in total. The van der Waals surface area contributed by atoms with Crippen molar-refractivity contribution in [3.05, 3.63) is 30.9 Å². The highest BCUT2D eigenvalue weighted by Crippen LogP contribution is 2.21. The van der Waals surface area contributed by atoms with E-state index in [1.54, 1.807) is 21.3 Å². The molecular formula is C10H14I2O3Si. The monoisotopic (exact) mass is 464 g/mol. The maximum Gasteiger partial charge on any atom is 0.504 e. The van der Waals surface area contributed by atoms with Crippen molar-refractivity contribution in [1.29, 1.82) is 0 Å². The van der Waals surface area contributed by atoms with Gasteiger partial charge in [0, 0.05) is 34.5 Å². The SMILES string of the molecule is CO[Si](Cc1ccc(I)cc1I)(OC)OC. The molecule has 0 aromatic heterocycles. The zero-order valence-electron chi connectivity index (χ0n) is 9.42. The van der Waals surface area contributed by atoms with E-state index in [1.807, 2.05) is 0 Å². The topological polar surface area (TPSA) is 27.7 Å². The van der Waals surface area contributed by atoms with Crippen molar-refractivity contribution in [3.8, 4) is 0 Å². The van der Waals surface area contributed by atoms with E-state index in [2.05, 4.69) is 63.4 Å². The predicted octanol–water partition coefficient (Wildman–Crippen LogP) is 2.86. The molecule has 0 aliphatic rings. The van der Waals surface area contributed by atoms with Crippen LogP contribution in [0.2, 0.25) is 0 Å². The third-order valence-corrected chi connectivity index (χ3v) is 6.71. The van der Waals surface area contributed by atoms with Gasteiger partial charge >= 0.3 is 8.80 Å². The van der Waals surface area contributed by atoms with E-state index < -0.39 is 8.80 Å². The standard InChI is InChI=1S/C10H14I2O3Si/c1-13-16(14-2,15-3)7-8-4-5-9(11)6-10(8)12/h4-6H,7H2,1-3H3. The van der Waals surface area contributed by atoms with E-state index in [9.17, 15) is 0 Å². The molecule has 6 heteroatoms. The summed E-state index contributed by atoms with van der Waals surface area (Å²) in [5.74, 6) is 0. The van der Waals surface area contributed by atoms with Crippen molar-refractivity contribution in [2.24, 2.45) is 0 Å². The molecule has 0 aliphatic carbocycles. The fraction of sp³-hybridized carbons (Fsp3) is 0.400. The van der Waals surface area contributed by atoms with Crippen molar-refractivity contribution in [2.75, 3.05) is 21.3 Å². The summed E-state index contributed by atoms with van der Waals surface area (Å²) in [4.78, 5) is 0. The first-order chi connectivity index (χ1) is 7.56. The Morgan fingerprint density at radius 1 is 1.06 bits per heavy atom. The predicted molar refractivity (Wildman–Crippen MR) is 82.4 cm³/mol. The summed E-state index contributed by atoms with van der Waals surface area (Å²) in [6.07, 6.45) is 0. The zero-order valence-corrected chi connectivity index (χ0v) is 14.7. The Hall–Kier alpha value is 0.777. The molecule has 0 aliphatic heterocycles. The molecule has 0 atom stereocenters. The molecule has 0 heterocycles. The molecule has 0 spiro atoms. The van der Waals surface area contributed by atoms with Gasteiger partial charge < -0.3 is 13.3 Å². The van der Waals surface area contributed by atoms with Gasteiger partial charge in [-0.1, -0.05) is 6.07 Å². The van der Waals surface area contributed by atoms with Gasteiger partial charge in [0.15, 0.2) is 0 Å². The molecule has 1 aromatic carbocycles. The first-order valence-electron chi connectivity index (χ1n) is 4.66. The van der Waals surface area contributed by atoms with Gasteiger partial charge in [-0.2, -0.15) is 0 Å². The van der Waals surface area contributed by atoms with Crippen LogP contribution in [0.25, 0.3) is 0 Å². The fourth-order valence-electron chi connectivity index (χ4n) is 1.36. The number of hydrogen-bond donors (Lipinski definition) is 0. The number of halogens is 2. The molecule has 1 rings (SSSR count). The first-order valence-corrected chi connectivity index (χ1v) is 8.75. The molecule has 0 unspecified atom stereocenters. The maximum atomic E-state index is 5.41. The van der Waals surface area contributed by atoms with Gasteiger partial charge in [0.25, 0.3) is 0 Å². The lowest BCUT2D eigenvalue weighted by atomic mass is 10.2. The van der Waals surface area contributed by atoms with E-state index >= 15 is 0 Å². The van der Waals surface area contributed by atoms with Gasteiger partial charge in [0.1, 0.15) is 0 Å². The summed E-state index contributed by atoms with van der Waals surface area (Å²) < 4.78 is 18.7. The third kappa shape index (κ3) is 3.64. The Balaban J connectivity index is 2.93. The minimum Gasteiger partial charge on any atom is -0.377 e. The Labute approximate surface area is 125 Å². The quantitative estimate of drug-likeness (QED) is 0.496. The van der Waals surface area contributed by atoms with Gasteiger partial charge in [-0.25, -0.2) is 0 Å². The van der Waals surface area contributed by atoms with Crippen LogP contribution >= 0.6 is 45.2 Å². The minimum absolute atomic E-state index is 0.700. The van der Waals surface area contributed by atoms with Crippen molar-refractivity contribution in [3.63, 3.8) is 0 Å². The highest BCUT2D eigenvalue weighted by Gasteiger charge is 2.38. The molecule has 0 saturated heterocycles. The van der Waals surface area contributed by atoms with Crippen LogP contribution in [0.15, 0.2) is 18.2 Å². The van der Waals surface area contributed by atoms with Crippen molar-refractivity contribution in [2.45, 2.75) is 6.04 Å². The smallest absolute Gasteiger partial charge is 0.377 e. The largest absolute Gasteiger partial charge is 0.504 e. The molecule has 3 nitrogen and oxygen atoms in total. The average Bonchev–Trinajstić information content (AvgIpc) is 2.29. The molecule has 0 radical (unpaired) electrons. The molecule has 0 fully saturated rings. The van der Waals surface area contributed by atoms with Crippen LogP contribution in [0, 0.1) is 7.14 Å². The highest BCUT2D eigenvalue weighted by molar-refractivity contribution is 14.1. The average molecular weight is 464 g/mol. The Bertz CT molecular complexity index is 348. The summed E-state index contributed by atoms with van der Waals surface area (Å²) in [5.41, 5.74) is 1.21. The number of hydrogen-bond acceptors (Lipinski definition) is 3. The fourth-order valence-corrected chi connectivity index (χ4v) is 5.23. The van der Waals surface area contributed by atoms with Crippen molar-refractivity contribution in [1.82, 2.24) is 0 Å². The van der Waals surface area contributed by atoms with E-state index in [4.69, 9.17) is 13.3 Å². The molecule has 1 aromatic rings. The van der Waals surface area contributed by atoms with E-state index in [0.29, 0.717) is 6.04 Å². The molecule has 0 amide bonds. The second kappa shape index (κ2) is 6.64. The lowest BCUT2D eigenvalue weighted by Crippen LogP contribution is -2.45. The van der Waals surface area contributed by atoms with Crippen LogP contribution in [0.5, 0.6) is 0 Å². The van der Waals surface area contributed by atoms with Crippen LogP contribution in [-0.4, -0.2) is 30.1 Å². The van der Waals surface area contributed by atoms with Gasteiger partial charge in [-0.15, -0.1) is 0 Å². The summed E-state index contributed by atoms with van der Waals surface area (Å²) in [6.45, 7) is 0. The minimum atomic E-state index is -2.51. The summed E-state index contributed by atoms with van der Waals surface area (Å²) >= 11 is 4.63. The summed E-state index contributed by atoms with van der Waals surface area (Å²) in [5, 5.41) is 0. The zero-order chi connectivity index (χ0) is 12.2. The van der Waals surface area contributed by atoms with Crippen LogP contribution < -0.4 is 0 Å². The number of rotatable bonds is 5. The Kier molecular flexibility index (Phi) is 6.16. The molecule has 16 heavy (non-hydrogen) atoms. The Morgan fingerprint density at radius 3 is 2.06 bits per heavy atom. The van der Waals surface area contributed by atoms with E-state index in [-0.39, 0.29) is 0 Å². The lowest BCUT2D eigenvalue weighted by Gasteiger charge is -2.24. The van der Waals surface area contributed by atoms with Crippen LogP contribution in [-0.2, 0) is 19.3 Å². The van der Waals surface area contributed by atoms with Crippen molar-refractivity contribution < 1.29 is 13.3 Å². The molecular weight excluding hydrogens is 450 g/mol. The van der Waals surface area contributed by atoms with E-state index in [0.717, 1.165) is 0 Å². The van der Waals surface area contributed by atoms with Crippen LogP contribution in [0.4, 0.5) is 0 Å². The molecule has 0 bridgehead atoms. The summed E-state index contributed by atoms with van der Waals surface area (Å²) in [6, 6.07) is 7.02.